The van der Waals surface area contributed by atoms with E-state index in [0.29, 0.717) is 4.99 Å². The Morgan fingerprint density at radius 3 is 1.56 bits per heavy atom. The van der Waals surface area contributed by atoms with E-state index >= 15 is 0 Å². The number of carbonyl (C=O) groups excluding carboxylic acids is 1. The summed E-state index contributed by atoms with van der Waals surface area (Å²) in [5.74, 6) is 0. The molecule has 5 heteroatoms. The van der Waals surface area contributed by atoms with Gasteiger partial charge in [0.25, 0.3) is 12.1 Å². The van der Waals surface area contributed by atoms with Gasteiger partial charge in [0.1, 0.15) is 0 Å². The molecule has 0 aromatic heterocycles. The second-order valence-corrected chi connectivity index (χ2v) is 1.33. The molecule has 0 fully saturated rings. The van der Waals surface area contributed by atoms with Crippen molar-refractivity contribution in [2.24, 2.45) is 0 Å². The van der Waals surface area contributed by atoms with E-state index in [1.165, 1.54) is 0 Å². The largest absolute Gasteiger partial charge is 0.298 e. The van der Waals surface area contributed by atoms with Gasteiger partial charge in [0, 0.05) is 11.9 Å². The molecule has 0 radical (unpaired) electrons. The molecule has 0 rings (SSSR count). The fraction of sp³-hybridized carbons (Fsp3) is 0.250. The highest BCUT2D eigenvalue weighted by Crippen LogP contribution is 1.98. The molecule has 0 amide bonds. The zero-order valence-corrected chi connectivity index (χ0v) is 6.08. The minimum atomic E-state index is -1.70. The van der Waals surface area contributed by atoms with E-state index in [2.05, 4.69) is 15.9 Å². The van der Waals surface area contributed by atoms with Gasteiger partial charge < -0.3 is 0 Å². The van der Waals surface area contributed by atoms with Crippen molar-refractivity contribution in [3.05, 3.63) is 11.1 Å². The summed E-state index contributed by atoms with van der Waals surface area (Å²) in [6, 6.07) is -1.33. The van der Waals surface area contributed by atoms with E-state index in [-0.39, 0.29) is 0 Å². The second-order valence-electron chi connectivity index (χ2n) is 0.869. The van der Waals surface area contributed by atoms with Gasteiger partial charge in [-0.05, 0) is 0 Å². The average Bonchev–Trinajstić information content (AvgIpc) is 1.65. The summed E-state index contributed by atoms with van der Waals surface area (Å²) in [5.41, 5.74) is 0. The van der Waals surface area contributed by atoms with Gasteiger partial charge in [0.05, 0.1) is 0 Å². The van der Waals surface area contributed by atoms with Crippen molar-refractivity contribution < 1.29 is 18.0 Å². The van der Waals surface area contributed by atoms with Crippen molar-refractivity contribution in [2.75, 3.05) is 0 Å². The van der Waals surface area contributed by atoms with Crippen LogP contribution in [0.4, 0.5) is 13.2 Å². The molecule has 0 aliphatic carbocycles. The Morgan fingerprint density at radius 1 is 1.44 bits per heavy atom. The van der Waals surface area contributed by atoms with E-state index in [1.807, 2.05) is 0 Å². The van der Waals surface area contributed by atoms with Gasteiger partial charge in [-0.15, -0.1) is 0 Å². The molecule has 54 valence electrons. The molecule has 0 aromatic rings. The molecule has 0 heterocycles. The zero-order valence-electron chi connectivity index (χ0n) is 4.50. The van der Waals surface area contributed by atoms with E-state index < -0.39 is 12.1 Å². The highest BCUT2D eigenvalue weighted by molar-refractivity contribution is 9.11. The van der Waals surface area contributed by atoms with Gasteiger partial charge in [0.2, 0.25) is 0 Å². The maximum absolute atomic E-state index is 10.6. The predicted molar refractivity (Wildman–Crippen MR) is 31.0 cm³/mol. The summed E-state index contributed by atoms with van der Waals surface area (Å²) in [6.07, 6.45) is -1.70. The Morgan fingerprint density at radius 2 is 1.56 bits per heavy atom. The van der Waals surface area contributed by atoms with Crippen molar-refractivity contribution in [2.45, 2.75) is 6.92 Å². The predicted octanol–water partition coefficient (Wildman–Crippen LogP) is 2.62. The van der Waals surface area contributed by atoms with Gasteiger partial charge in [-0.3, -0.25) is 4.79 Å². The van der Waals surface area contributed by atoms with Crippen LogP contribution in [0.15, 0.2) is 11.1 Å². The number of halogens is 4. The summed E-state index contributed by atoms with van der Waals surface area (Å²) in [5, 5.41) is 0. The molecule has 0 aromatic carbocycles. The number of carbonyl (C=O) groups is 1. The first kappa shape index (κ1) is 11.5. The lowest BCUT2D eigenvalue weighted by Gasteiger charge is -1.61. The first-order valence-corrected chi connectivity index (χ1v) is 2.69. The highest BCUT2D eigenvalue weighted by atomic mass is 79.9. The first-order valence-electron chi connectivity index (χ1n) is 1.78. The summed E-state index contributed by atoms with van der Waals surface area (Å²) < 4.78 is 31.5. The van der Waals surface area contributed by atoms with Crippen molar-refractivity contribution in [3.8, 4) is 0 Å². The van der Waals surface area contributed by atoms with Crippen LogP contribution >= 0.6 is 15.9 Å². The van der Waals surface area contributed by atoms with E-state index in [4.69, 9.17) is 4.79 Å². The number of hydrogen-bond acceptors (Lipinski definition) is 1. The number of rotatable bonds is 0. The Labute approximate surface area is 58.7 Å². The van der Waals surface area contributed by atoms with Gasteiger partial charge in [-0.25, -0.2) is 0 Å². The molecule has 0 aliphatic rings. The number of hydrogen-bond donors (Lipinski definition) is 0. The van der Waals surface area contributed by atoms with E-state index in [9.17, 15) is 13.2 Å². The van der Waals surface area contributed by atoms with Crippen LogP contribution in [0.5, 0.6) is 0 Å². The van der Waals surface area contributed by atoms with E-state index in [0.717, 1.165) is 6.92 Å². The monoisotopic (exact) mass is 204 g/mol. The quantitative estimate of drug-likeness (QED) is 0.555. The molecule has 0 bridgehead atoms. The van der Waals surface area contributed by atoms with Crippen molar-refractivity contribution in [1.29, 1.82) is 0 Å². The van der Waals surface area contributed by atoms with Crippen LogP contribution in [0, 0.1) is 0 Å². The molecule has 0 saturated carbocycles. The second kappa shape index (κ2) is 7.68. The smallest absolute Gasteiger partial charge is 0.262 e. The van der Waals surface area contributed by atoms with Gasteiger partial charge in [0.15, 0.2) is 0 Å². The average molecular weight is 205 g/mol. The Balaban J connectivity index is 0. The summed E-state index contributed by atoms with van der Waals surface area (Å²) in [4.78, 5) is 9.34. The third-order valence-electron chi connectivity index (χ3n) is 0.0825. The van der Waals surface area contributed by atoms with Crippen molar-refractivity contribution in [3.63, 3.8) is 0 Å². The molecule has 0 aliphatic heterocycles. The van der Waals surface area contributed by atoms with Crippen LogP contribution in [0.3, 0.4) is 0 Å². The van der Waals surface area contributed by atoms with E-state index in [1.54, 1.807) is 0 Å². The normalized spacial score (nSPS) is 6.78. The molecule has 0 N–H and O–H groups in total. The molecule has 0 unspecified atom stereocenters. The fourth-order valence-corrected chi connectivity index (χ4v) is 0. The molecular formula is C4H4BrF3O. The summed E-state index contributed by atoms with van der Waals surface area (Å²) >= 11 is 2.40. The zero-order chi connectivity index (χ0) is 7.86. The molecular weight excluding hydrogens is 201 g/mol. The molecule has 9 heavy (non-hydrogen) atoms. The highest BCUT2D eigenvalue weighted by Gasteiger charge is 1.75. The van der Waals surface area contributed by atoms with Gasteiger partial charge in [-0.1, -0.05) is 15.9 Å². The molecule has 0 atom stereocenters. The lowest BCUT2D eigenvalue weighted by molar-refractivity contribution is -0.126. The Bertz CT molecular complexity index is 104. The van der Waals surface area contributed by atoms with Crippen LogP contribution < -0.4 is 0 Å². The lowest BCUT2D eigenvalue weighted by Crippen LogP contribution is -1.65. The van der Waals surface area contributed by atoms with Crippen molar-refractivity contribution >= 4 is 22.0 Å². The Kier molecular flexibility index (Phi) is 9.79. The standard InChI is InChI=1S/C2HBrF2.C2H3FO/c3-1-2(4)5;1-2(3)4/h1H;1H3. The van der Waals surface area contributed by atoms with Crippen LogP contribution in [-0.4, -0.2) is 6.04 Å². The fourth-order valence-electron chi connectivity index (χ4n) is 0. The maximum Gasteiger partial charge on any atom is 0.298 e. The summed E-state index contributed by atoms with van der Waals surface area (Å²) in [7, 11) is 0. The van der Waals surface area contributed by atoms with Crippen LogP contribution in [0.1, 0.15) is 6.92 Å². The third kappa shape index (κ3) is 87.8. The molecule has 1 nitrogen and oxygen atoms in total. The first-order chi connectivity index (χ1) is 4.00. The minimum Gasteiger partial charge on any atom is -0.262 e. The third-order valence-corrected chi connectivity index (χ3v) is 0.429. The maximum atomic E-state index is 10.6. The van der Waals surface area contributed by atoms with Crippen LogP contribution in [-0.2, 0) is 4.79 Å². The summed E-state index contributed by atoms with van der Waals surface area (Å²) in [6.45, 7) is 0.861. The Hall–Kier alpha value is -0.320. The topological polar surface area (TPSA) is 17.1 Å². The molecule has 0 spiro atoms. The molecule has 0 saturated heterocycles. The van der Waals surface area contributed by atoms with Crippen LogP contribution in [0.2, 0.25) is 0 Å². The SMILES string of the molecule is CC(=O)F.FC(F)=CBr. The van der Waals surface area contributed by atoms with Crippen molar-refractivity contribution in [1.82, 2.24) is 0 Å². The lowest BCUT2D eigenvalue weighted by atomic mass is 10.9. The van der Waals surface area contributed by atoms with Gasteiger partial charge >= 0.3 is 0 Å². The van der Waals surface area contributed by atoms with Crippen LogP contribution in [0.25, 0.3) is 0 Å². The van der Waals surface area contributed by atoms with Gasteiger partial charge in [-0.2, -0.15) is 13.2 Å². The minimum absolute atomic E-state index is 0.562.